The first-order valence-corrected chi connectivity index (χ1v) is 11.1. The average molecular weight is 527 g/mol. The molecule has 34 heavy (non-hydrogen) atoms. The Labute approximate surface area is 205 Å². The molecule has 2 aromatic carbocycles. The molecule has 0 atom stereocenters. The molecule has 0 spiro atoms. The molecule has 0 bridgehead atoms. The number of hydrogen-bond donors (Lipinski definition) is 1. The van der Waals surface area contributed by atoms with Crippen LogP contribution in [0, 0.1) is 13.8 Å². The number of methoxy groups -OCH3 is 1. The Hall–Kier alpha value is -3.72. The predicted molar refractivity (Wildman–Crippen MR) is 130 cm³/mol. The van der Waals surface area contributed by atoms with Gasteiger partial charge in [-0.05, 0) is 88.8 Å². The van der Waals surface area contributed by atoms with Crippen LogP contribution in [-0.2, 0) is 25.5 Å². The van der Waals surface area contributed by atoms with Crippen molar-refractivity contribution < 1.29 is 28.7 Å². The number of benzene rings is 2. The summed E-state index contributed by atoms with van der Waals surface area (Å²) < 4.78 is 10.7. The lowest BCUT2D eigenvalue weighted by Gasteiger charge is -2.27. The highest BCUT2D eigenvalue weighted by Gasteiger charge is 2.37. The van der Waals surface area contributed by atoms with Gasteiger partial charge in [0.15, 0.2) is 6.61 Å². The van der Waals surface area contributed by atoms with Gasteiger partial charge in [0.05, 0.1) is 17.3 Å². The minimum atomic E-state index is -0.808. The molecule has 9 heteroatoms. The second-order valence-corrected chi connectivity index (χ2v) is 8.51. The summed E-state index contributed by atoms with van der Waals surface area (Å²) in [4.78, 5) is 50.7. The molecule has 3 rings (SSSR count). The van der Waals surface area contributed by atoms with E-state index in [1.165, 1.54) is 13.2 Å². The maximum atomic E-state index is 13.2. The van der Waals surface area contributed by atoms with E-state index >= 15 is 0 Å². The van der Waals surface area contributed by atoms with Gasteiger partial charge in [0.1, 0.15) is 11.3 Å². The zero-order chi connectivity index (χ0) is 25.0. The molecule has 176 valence electrons. The molecule has 8 nitrogen and oxygen atoms in total. The third kappa shape index (κ3) is 5.43. The number of urea groups is 1. The van der Waals surface area contributed by atoms with Crippen LogP contribution in [0.2, 0.25) is 0 Å². The Morgan fingerprint density at radius 2 is 1.79 bits per heavy atom. The van der Waals surface area contributed by atoms with Gasteiger partial charge in [0.25, 0.3) is 11.8 Å². The van der Waals surface area contributed by atoms with Gasteiger partial charge in [-0.2, -0.15) is 0 Å². The van der Waals surface area contributed by atoms with E-state index in [0.29, 0.717) is 33.5 Å². The lowest BCUT2D eigenvalue weighted by Crippen LogP contribution is -2.54. The standard InChI is InChI=1S/C25H23BrN2O6/c1-5-6-17-10-16(12-20(26)22(17)34-13-21(29)33-4)11-19-23(30)27-25(32)28(24(19)31)18-8-14(2)7-15(3)9-18/h5,7-12H,1,6,13H2,2-4H3,(H,27,30,32)/b19-11+. The van der Waals surface area contributed by atoms with Gasteiger partial charge in [0, 0.05) is 0 Å². The van der Waals surface area contributed by atoms with Gasteiger partial charge >= 0.3 is 12.0 Å². The minimum Gasteiger partial charge on any atom is -0.480 e. The number of nitrogens with one attached hydrogen (secondary N) is 1. The third-order valence-corrected chi connectivity index (χ3v) is 5.54. The normalized spacial score (nSPS) is 14.8. The maximum Gasteiger partial charge on any atom is 0.343 e. The molecule has 1 heterocycles. The molecule has 0 aliphatic carbocycles. The summed E-state index contributed by atoms with van der Waals surface area (Å²) in [5.74, 6) is -1.64. The summed E-state index contributed by atoms with van der Waals surface area (Å²) in [7, 11) is 1.26. The van der Waals surface area contributed by atoms with Crippen LogP contribution in [0.1, 0.15) is 22.3 Å². The van der Waals surface area contributed by atoms with Gasteiger partial charge in [-0.15, -0.1) is 6.58 Å². The number of carbonyl (C=O) groups is 4. The van der Waals surface area contributed by atoms with Crippen molar-refractivity contribution in [2.45, 2.75) is 20.3 Å². The maximum absolute atomic E-state index is 13.2. The first-order valence-electron chi connectivity index (χ1n) is 10.3. The number of hydrogen-bond acceptors (Lipinski definition) is 6. The second-order valence-electron chi connectivity index (χ2n) is 7.65. The molecule has 1 aliphatic heterocycles. The molecule has 0 aromatic heterocycles. The number of anilines is 1. The summed E-state index contributed by atoms with van der Waals surface area (Å²) in [6.45, 7) is 7.16. The Bertz CT molecular complexity index is 1210. The molecule has 1 aliphatic rings. The van der Waals surface area contributed by atoms with Gasteiger partial charge in [-0.1, -0.05) is 12.1 Å². The third-order valence-electron chi connectivity index (χ3n) is 4.95. The van der Waals surface area contributed by atoms with Gasteiger partial charge < -0.3 is 9.47 Å². The van der Waals surface area contributed by atoms with Crippen molar-refractivity contribution in [3.8, 4) is 5.75 Å². The van der Waals surface area contributed by atoms with E-state index in [1.807, 2.05) is 19.9 Å². The van der Waals surface area contributed by atoms with Crippen LogP contribution in [-0.4, -0.2) is 37.5 Å². The van der Waals surface area contributed by atoms with Crippen molar-refractivity contribution in [3.05, 3.63) is 75.3 Å². The zero-order valence-electron chi connectivity index (χ0n) is 18.9. The van der Waals surface area contributed by atoms with E-state index < -0.39 is 23.8 Å². The van der Waals surface area contributed by atoms with E-state index in [1.54, 1.807) is 30.3 Å². The highest BCUT2D eigenvalue weighted by Crippen LogP contribution is 2.33. The quantitative estimate of drug-likeness (QED) is 0.253. The van der Waals surface area contributed by atoms with E-state index in [2.05, 4.69) is 32.6 Å². The summed E-state index contributed by atoms with van der Waals surface area (Å²) >= 11 is 3.42. The minimum absolute atomic E-state index is 0.196. The fraction of sp³-hybridized carbons (Fsp3) is 0.200. The van der Waals surface area contributed by atoms with Gasteiger partial charge in [0.2, 0.25) is 0 Å². The monoisotopic (exact) mass is 526 g/mol. The Morgan fingerprint density at radius 1 is 1.12 bits per heavy atom. The van der Waals surface area contributed by atoms with Crippen molar-refractivity contribution in [1.82, 2.24) is 5.32 Å². The Balaban J connectivity index is 2.02. The zero-order valence-corrected chi connectivity index (χ0v) is 20.5. The number of amides is 4. The number of aryl methyl sites for hydroxylation is 2. The van der Waals surface area contributed by atoms with Crippen LogP contribution in [0.3, 0.4) is 0 Å². The molecule has 0 unspecified atom stereocenters. The number of halogens is 1. The number of ether oxygens (including phenoxy) is 2. The van der Waals surface area contributed by atoms with E-state index in [-0.39, 0.29) is 12.2 Å². The van der Waals surface area contributed by atoms with Crippen LogP contribution in [0.4, 0.5) is 10.5 Å². The number of rotatable bonds is 7. The topological polar surface area (TPSA) is 102 Å². The van der Waals surface area contributed by atoms with Crippen molar-refractivity contribution in [2.24, 2.45) is 0 Å². The molecule has 0 saturated carbocycles. The smallest absolute Gasteiger partial charge is 0.343 e. The van der Waals surface area contributed by atoms with Crippen molar-refractivity contribution >= 4 is 51.5 Å². The molecule has 0 radical (unpaired) electrons. The van der Waals surface area contributed by atoms with Crippen molar-refractivity contribution in [2.75, 3.05) is 18.6 Å². The number of nitrogens with zero attached hydrogens (tertiary/aromatic N) is 1. The van der Waals surface area contributed by atoms with Crippen LogP contribution in [0.5, 0.6) is 5.75 Å². The lowest BCUT2D eigenvalue weighted by molar-refractivity contribution is -0.143. The molecule has 2 aromatic rings. The molecular weight excluding hydrogens is 504 g/mol. The highest BCUT2D eigenvalue weighted by atomic mass is 79.9. The van der Waals surface area contributed by atoms with Gasteiger partial charge in [-0.25, -0.2) is 14.5 Å². The number of carbonyl (C=O) groups excluding carboxylic acids is 4. The van der Waals surface area contributed by atoms with Gasteiger partial charge in [-0.3, -0.25) is 14.9 Å². The number of esters is 1. The van der Waals surface area contributed by atoms with Crippen LogP contribution in [0.15, 0.2) is 53.0 Å². The Kier molecular flexibility index (Phi) is 7.68. The average Bonchev–Trinajstić information content (AvgIpc) is 2.75. The fourth-order valence-corrected chi connectivity index (χ4v) is 4.19. The largest absolute Gasteiger partial charge is 0.480 e. The van der Waals surface area contributed by atoms with E-state index in [9.17, 15) is 19.2 Å². The SMILES string of the molecule is C=CCc1cc(/C=C2\C(=O)NC(=O)N(c3cc(C)cc(C)c3)C2=O)cc(Br)c1OCC(=O)OC. The lowest BCUT2D eigenvalue weighted by atomic mass is 10.0. The number of imide groups is 2. The van der Waals surface area contributed by atoms with Crippen molar-refractivity contribution in [3.63, 3.8) is 0 Å². The van der Waals surface area contributed by atoms with Crippen molar-refractivity contribution in [1.29, 1.82) is 0 Å². The summed E-state index contributed by atoms with van der Waals surface area (Å²) in [6, 6.07) is 7.86. The van der Waals surface area contributed by atoms with Crippen LogP contribution >= 0.6 is 15.9 Å². The van der Waals surface area contributed by atoms with E-state index in [0.717, 1.165) is 16.0 Å². The first-order chi connectivity index (χ1) is 16.1. The predicted octanol–water partition coefficient (Wildman–Crippen LogP) is 4.01. The van der Waals surface area contributed by atoms with E-state index in [4.69, 9.17) is 4.74 Å². The molecular formula is C25H23BrN2O6. The summed E-state index contributed by atoms with van der Waals surface area (Å²) in [5, 5.41) is 2.23. The first kappa shape index (κ1) is 24.9. The highest BCUT2D eigenvalue weighted by molar-refractivity contribution is 9.10. The number of barbiturate groups is 1. The Morgan fingerprint density at radius 3 is 2.41 bits per heavy atom. The molecule has 1 fully saturated rings. The summed E-state index contributed by atoms with van der Waals surface area (Å²) in [6.07, 6.45) is 3.46. The molecule has 1 saturated heterocycles. The van der Waals surface area contributed by atoms with Crippen LogP contribution < -0.4 is 15.0 Å². The second kappa shape index (κ2) is 10.5. The molecule has 1 N–H and O–H groups in total. The fourth-order valence-electron chi connectivity index (χ4n) is 3.55. The van der Waals surface area contributed by atoms with Crippen LogP contribution in [0.25, 0.3) is 6.08 Å². The molecule has 4 amide bonds. The summed E-state index contributed by atoms with van der Waals surface area (Å²) in [5.41, 5.74) is 3.11. The number of allylic oxidation sites excluding steroid dienone is 1.